The highest BCUT2D eigenvalue weighted by Gasteiger charge is 2.44. The minimum absolute atomic E-state index is 0.201. The first-order valence-electron chi connectivity index (χ1n) is 9.49. The molecule has 0 radical (unpaired) electrons. The van der Waals surface area contributed by atoms with Crippen LogP contribution in [0.2, 0.25) is 0 Å². The Balaban J connectivity index is 1.88. The van der Waals surface area contributed by atoms with Crippen molar-refractivity contribution in [3.05, 3.63) is 60.2 Å². The van der Waals surface area contributed by atoms with Gasteiger partial charge in [-0.2, -0.15) is 0 Å². The first kappa shape index (κ1) is 19.9. The molecule has 2 aromatic rings. The van der Waals surface area contributed by atoms with E-state index < -0.39 is 17.4 Å². The number of hydrogen-bond acceptors (Lipinski definition) is 4. The highest BCUT2D eigenvalue weighted by atomic mass is 16.5. The Labute approximate surface area is 165 Å². The number of rotatable bonds is 7. The van der Waals surface area contributed by atoms with E-state index in [1.807, 2.05) is 60.4 Å². The van der Waals surface area contributed by atoms with E-state index in [0.29, 0.717) is 37.6 Å². The van der Waals surface area contributed by atoms with Crippen LogP contribution in [0, 0.1) is 5.41 Å². The zero-order chi connectivity index (χ0) is 20.1. The first-order chi connectivity index (χ1) is 13.4. The number of carbonyl (C=O) groups is 2. The van der Waals surface area contributed by atoms with Gasteiger partial charge in [-0.25, -0.2) is 0 Å². The molecule has 1 amide bonds. The van der Waals surface area contributed by atoms with Gasteiger partial charge in [0.15, 0.2) is 0 Å². The van der Waals surface area contributed by atoms with Crippen LogP contribution in [-0.4, -0.2) is 41.6 Å². The normalized spacial score (nSPS) is 20.5. The fourth-order valence-corrected chi connectivity index (χ4v) is 3.61. The largest absolute Gasteiger partial charge is 0.492 e. The maximum absolute atomic E-state index is 13.3. The van der Waals surface area contributed by atoms with Gasteiger partial charge in [0.05, 0.1) is 17.7 Å². The third-order valence-corrected chi connectivity index (χ3v) is 5.19. The van der Waals surface area contributed by atoms with Crippen molar-refractivity contribution in [3.63, 3.8) is 0 Å². The summed E-state index contributed by atoms with van der Waals surface area (Å²) in [5, 5.41) is 12.5. The second kappa shape index (κ2) is 8.44. The van der Waals surface area contributed by atoms with E-state index in [4.69, 9.17) is 4.74 Å². The van der Waals surface area contributed by atoms with E-state index in [9.17, 15) is 14.7 Å². The van der Waals surface area contributed by atoms with Gasteiger partial charge in [0.2, 0.25) is 5.91 Å². The number of likely N-dealkylation sites (tertiary alicyclic amines) is 1. The summed E-state index contributed by atoms with van der Waals surface area (Å²) >= 11 is 0. The number of amides is 1. The molecule has 3 rings (SSSR count). The monoisotopic (exact) mass is 382 g/mol. The van der Waals surface area contributed by atoms with Crippen LogP contribution in [0.1, 0.15) is 31.9 Å². The lowest BCUT2D eigenvalue weighted by atomic mass is 9.90. The van der Waals surface area contributed by atoms with Gasteiger partial charge in [0.1, 0.15) is 11.8 Å². The number of carbonyl (C=O) groups excluding carboxylic acids is 1. The average molecular weight is 382 g/mol. The summed E-state index contributed by atoms with van der Waals surface area (Å²) in [7, 11) is 0. The molecule has 1 fully saturated rings. The van der Waals surface area contributed by atoms with Crippen LogP contribution in [0.15, 0.2) is 54.6 Å². The van der Waals surface area contributed by atoms with Crippen molar-refractivity contribution in [2.75, 3.05) is 25.0 Å². The van der Waals surface area contributed by atoms with Crippen molar-refractivity contribution in [2.24, 2.45) is 5.41 Å². The predicted molar refractivity (Wildman–Crippen MR) is 107 cm³/mol. The van der Waals surface area contributed by atoms with Crippen molar-refractivity contribution in [1.29, 1.82) is 0 Å². The summed E-state index contributed by atoms with van der Waals surface area (Å²) in [6.45, 7) is 4.99. The molecule has 28 heavy (non-hydrogen) atoms. The SMILES string of the molecule is CCOc1ccccc1NC(=O)C(c1ccccc1)N1CCC(C)(C(=O)O)C1. The molecule has 0 aromatic heterocycles. The van der Waals surface area contributed by atoms with Crippen molar-refractivity contribution in [3.8, 4) is 5.75 Å². The molecule has 2 atom stereocenters. The molecule has 0 spiro atoms. The number of nitrogens with one attached hydrogen (secondary N) is 1. The van der Waals surface area contributed by atoms with E-state index in [0.717, 1.165) is 5.56 Å². The Hall–Kier alpha value is -2.86. The van der Waals surface area contributed by atoms with E-state index >= 15 is 0 Å². The lowest BCUT2D eigenvalue weighted by molar-refractivity contribution is -0.147. The summed E-state index contributed by atoms with van der Waals surface area (Å²) in [6.07, 6.45) is 0.508. The maximum Gasteiger partial charge on any atom is 0.310 e. The van der Waals surface area contributed by atoms with E-state index in [1.54, 1.807) is 13.0 Å². The van der Waals surface area contributed by atoms with Crippen LogP contribution in [0.4, 0.5) is 5.69 Å². The van der Waals surface area contributed by atoms with E-state index in [2.05, 4.69) is 5.32 Å². The molecule has 148 valence electrons. The molecular formula is C22H26N2O4. The molecule has 2 aromatic carbocycles. The van der Waals surface area contributed by atoms with E-state index in [1.165, 1.54) is 0 Å². The van der Waals surface area contributed by atoms with Gasteiger partial charge >= 0.3 is 5.97 Å². The number of nitrogens with zero attached hydrogens (tertiary/aromatic N) is 1. The van der Waals surface area contributed by atoms with Gasteiger partial charge in [-0.05, 0) is 38.0 Å². The Kier molecular flexibility index (Phi) is 5.99. The molecule has 1 aliphatic heterocycles. The Morgan fingerprint density at radius 2 is 1.86 bits per heavy atom. The van der Waals surface area contributed by atoms with Crippen LogP contribution in [-0.2, 0) is 9.59 Å². The van der Waals surface area contributed by atoms with Gasteiger partial charge in [0, 0.05) is 13.1 Å². The number of carboxylic acid groups (broad SMARTS) is 1. The zero-order valence-corrected chi connectivity index (χ0v) is 16.2. The number of ether oxygens (including phenoxy) is 1. The number of para-hydroxylation sites is 2. The van der Waals surface area contributed by atoms with Gasteiger partial charge in [-0.3, -0.25) is 14.5 Å². The molecule has 1 heterocycles. The van der Waals surface area contributed by atoms with Gasteiger partial charge in [-0.1, -0.05) is 42.5 Å². The second-order valence-corrected chi connectivity index (χ2v) is 7.32. The molecule has 0 saturated carbocycles. The molecule has 1 saturated heterocycles. The van der Waals surface area contributed by atoms with Crippen molar-refractivity contribution >= 4 is 17.6 Å². The van der Waals surface area contributed by atoms with E-state index in [-0.39, 0.29) is 5.91 Å². The molecule has 2 N–H and O–H groups in total. The Morgan fingerprint density at radius 1 is 1.18 bits per heavy atom. The van der Waals surface area contributed by atoms with Gasteiger partial charge in [-0.15, -0.1) is 0 Å². The summed E-state index contributed by atoms with van der Waals surface area (Å²) < 4.78 is 5.61. The standard InChI is InChI=1S/C22H26N2O4/c1-3-28-18-12-8-7-11-17(18)23-20(25)19(16-9-5-4-6-10-16)24-14-13-22(2,15-24)21(26)27/h4-12,19H,3,13-15H2,1-2H3,(H,23,25)(H,26,27). The van der Waals surface area contributed by atoms with Crippen LogP contribution in [0.5, 0.6) is 5.75 Å². The minimum atomic E-state index is -0.851. The van der Waals surface area contributed by atoms with Crippen LogP contribution in [0.25, 0.3) is 0 Å². The van der Waals surface area contributed by atoms with Crippen molar-refractivity contribution < 1.29 is 19.4 Å². The first-order valence-corrected chi connectivity index (χ1v) is 9.49. The number of carboxylic acids is 1. The summed E-state index contributed by atoms with van der Waals surface area (Å²) in [5.41, 5.74) is 0.593. The molecule has 6 nitrogen and oxygen atoms in total. The molecule has 6 heteroatoms. The lowest BCUT2D eigenvalue weighted by Crippen LogP contribution is -2.38. The zero-order valence-electron chi connectivity index (χ0n) is 16.2. The maximum atomic E-state index is 13.3. The third kappa shape index (κ3) is 4.17. The summed E-state index contributed by atoms with van der Waals surface area (Å²) in [5.74, 6) is -0.418. The molecule has 2 unspecified atom stereocenters. The fourth-order valence-electron chi connectivity index (χ4n) is 3.61. The number of hydrogen-bond donors (Lipinski definition) is 2. The van der Waals surface area contributed by atoms with Crippen molar-refractivity contribution in [1.82, 2.24) is 4.90 Å². The highest BCUT2D eigenvalue weighted by Crippen LogP contribution is 2.36. The van der Waals surface area contributed by atoms with Crippen molar-refractivity contribution in [2.45, 2.75) is 26.3 Å². The van der Waals surface area contributed by atoms with Gasteiger partial charge < -0.3 is 15.2 Å². The van der Waals surface area contributed by atoms with Crippen LogP contribution >= 0.6 is 0 Å². The highest BCUT2D eigenvalue weighted by molar-refractivity contribution is 5.96. The number of anilines is 1. The summed E-state index contributed by atoms with van der Waals surface area (Å²) in [6, 6.07) is 16.2. The Morgan fingerprint density at radius 3 is 2.50 bits per heavy atom. The minimum Gasteiger partial charge on any atom is -0.492 e. The summed E-state index contributed by atoms with van der Waals surface area (Å²) in [4.78, 5) is 26.9. The second-order valence-electron chi connectivity index (χ2n) is 7.32. The van der Waals surface area contributed by atoms with Gasteiger partial charge in [0.25, 0.3) is 0 Å². The molecule has 0 aliphatic carbocycles. The lowest BCUT2D eigenvalue weighted by Gasteiger charge is -2.28. The quantitative estimate of drug-likeness (QED) is 0.765. The number of benzene rings is 2. The van der Waals surface area contributed by atoms with Crippen LogP contribution in [0.3, 0.4) is 0 Å². The number of aliphatic carboxylic acids is 1. The molecule has 1 aliphatic rings. The topological polar surface area (TPSA) is 78.9 Å². The molecular weight excluding hydrogens is 356 g/mol. The fraction of sp³-hybridized carbons (Fsp3) is 0.364. The predicted octanol–water partition coefficient (Wildman–Crippen LogP) is 3.56. The third-order valence-electron chi connectivity index (χ3n) is 5.19. The average Bonchev–Trinajstić information content (AvgIpc) is 3.08. The van der Waals surface area contributed by atoms with Crippen LogP contribution < -0.4 is 10.1 Å². The Bertz CT molecular complexity index is 839. The molecule has 0 bridgehead atoms. The smallest absolute Gasteiger partial charge is 0.310 e.